The SMILES string of the molecule is [C-]#[N+]c1ccc2c(n1)c(N1C[C@@H](CC)N(C(c3ccc(F)cc3)c3ccon3)C[C@@H]1CC)nc(=O)n2C. The predicted octanol–water partition coefficient (Wildman–Crippen LogP) is 4.48. The molecule has 0 spiro atoms. The number of piperazine rings is 1. The van der Waals surface area contributed by atoms with Crippen molar-refractivity contribution in [2.75, 3.05) is 18.0 Å². The molecule has 0 saturated carbocycles. The molecule has 3 aromatic heterocycles. The number of aromatic nitrogens is 4. The zero-order valence-corrected chi connectivity index (χ0v) is 21.0. The highest BCUT2D eigenvalue weighted by Crippen LogP contribution is 2.36. The minimum atomic E-state index is -0.364. The van der Waals surface area contributed by atoms with Crippen molar-refractivity contribution in [1.82, 2.24) is 24.6 Å². The molecule has 0 aliphatic carbocycles. The Morgan fingerprint density at radius 1 is 1.08 bits per heavy atom. The summed E-state index contributed by atoms with van der Waals surface area (Å²) in [5, 5.41) is 4.25. The first-order valence-corrected chi connectivity index (χ1v) is 12.4. The first-order chi connectivity index (χ1) is 17.9. The first kappa shape index (κ1) is 24.6. The average molecular weight is 502 g/mol. The second-order valence-electron chi connectivity index (χ2n) is 9.28. The van der Waals surface area contributed by atoms with Crippen molar-refractivity contribution in [3.63, 3.8) is 0 Å². The number of benzene rings is 1. The number of halogens is 1. The van der Waals surface area contributed by atoms with Crippen molar-refractivity contribution in [1.29, 1.82) is 0 Å². The third-order valence-electron chi connectivity index (χ3n) is 7.24. The quantitative estimate of drug-likeness (QED) is 0.360. The number of hydrogen-bond donors (Lipinski definition) is 0. The summed E-state index contributed by atoms with van der Waals surface area (Å²) in [7, 11) is 1.66. The van der Waals surface area contributed by atoms with Crippen LogP contribution in [0, 0.1) is 12.4 Å². The molecule has 190 valence electrons. The summed E-state index contributed by atoms with van der Waals surface area (Å²) in [6.07, 6.45) is 3.17. The van der Waals surface area contributed by atoms with E-state index in [1.165, 1.54) is 16.7 Å². The van der Waals surface area contributed by atoms with E-state index in [1.807, 2.05) is 6.07 Å². The van der Waals surface area contributed by atoms with Crippen LogP contribution in [0.25, 0.3) is 15.9 Å². The Balaban J connectivity index is 1.60. The van der Waals surface area contributed by atoms with Crippen molar-refractivity contribution < 1.29 is 8.91 Å². The molecule has 1 saturated heterocycles. The van der Waals surface area contributed by atoms with E-state index in [1.54, 1.807) is 37.6 Å². The van der Waals surface area contributed by atoms with Gasteiger partial charge in [0.05, 0.1) is 11.6 Å². The monoisotopic (exact) mass is 501 g/mol. The van der Waals surface area contributed by atoms with Crippen LogP contribution in [0.5, 0.6) is 0 Å². The fourth-order valence-electron chi connectivity index (χ4n) is 5.26. The van der Waals surface area contributed by atoms with Crippen molar-refractivity contribution in [2.24, 2.45) is 7.05 Å². The molecule has 1 fully saturated rings. The zero-order valence-electron chi connectivity index (χ0n) is 21.0. The Bertz CT molecular complexity index is 1490. The summed E-state index contributed by atoms with van der Waals surface area (Å²) in [6, 6.07) is 11.6. The molecule has 0 N–H and O–H groups in total. The largest absolute Gasteiger partial charge is 0.364 e. The van der Waals surface area contributed by atoms with E-state index in [2.05, 4.69) is 43.6 Å². The standard InChI is InChI=1S/C27H28FN7O2/c1-5-19-16-35(26-24-22(33(4)27(36)31-26)11-12-23(29-3)30-24)20(6-2)15-34(19)25(21-13-14-37-32-21)17-7-9-18(28)10-8-17/h7-14,19-20,25H,5-6,15-16H2,1-2,4H3/t19-,20+,25?/m1/s1. The Morgan fingerprint density at radius 3 is 2.49 bits per heavy atom. The molecule has 1 aliphatic heterocycles. The van der Waals surface area contributed by atoms with E-state index in [0.29, 0.717) is 29.9 Å². The lowest BCUT2D eigenvalue weighted by Crippen LogP contribution is -2.59. The van der Waals surface area contributed by atoms with Crippen LogP contribution in [0.2, 0.25) is 0 Å². The summed E-state index contributed by atoms with van der Waals surface area (Å²) >= 11 is 0. The topological polar surface area (TPSA) is 84.7 Å². The van der Waals surface area contributed by atoms with E-state index in [9.17, 15) is 9.18 Å². The maximum atomic E-state index is 13.8. The van der Waals surface area contributed by atoms with Gasteiger partial charge < -0.3 is 14.3 Å². The van der Waals surface area contributed by atoms with Crippen LogP contribution in [-0.4, -0.2) is 49.8 Å². The third-order valence-corrected chi connectivity index (χ3v) is 7.24. The second kappa shape index (κ2) is 10.1. The van der Waals surface area contributed by atoms with Crippen molar-refractivity contribution in [3.05, 3.63) is 87.7 Å². The van der Waals surface area contributed by atoms with E-state index >= 15 is 0 Å². The van der Waals surface area contributed by atoms with Gasteiger partial charge in [0.2, 0.25) is 5.52 Å². The average Bonchev–Trinajstić information content (AvgIpc) is 3.46. The minimum absolute atomic E-state index is 0.0128. The molecule has 37 heavy (non-hydrogen) atoms. The predicted molar refractivity (Wildman–Crippen MR) is 138 cm³/mol. The lowest BCUT2D eigenvalue weighted by atomic mass is 9.94. The van der Waals surface area contributed by atoms with Gasteiger partial charge in [0.25, 0.3) is 5.82 Å². The fourth-order valence-corrected chi connectivity index (χ4v) is 5.26. The minimum Gasteiger partial charge on any atom is -0.364 e. The van der Waals surface area contributed by atoms with Gasteiger partial charge in [-0.3, -0.25) is 9.47 Å². The van der Waals surface area contributed by atoms with Gasteiger partial charge in [-0.1, -0.05) is 37.7 Å². The molecular formula is C27H28FN7O2. The Hall–Kier alpha value is -4.10. The van der Waals surface area contributed by atoms with Crippen molar-refractivity contribution in [3.8, 4) is 0 Å². The molecule has 4 aromatic rings. The van der Waals surface area contributed by atoms with Gasteiger partial charge in [0, 0.05) is 38.3 Å². The summed E-state index contributed by atoms with van der Waals surface area (Å²) < 4.78 is 20.4. The molecule has 1 aliphatic rings. The lowest BCUT2D eigenvalue weighted by molar-refractivity contribution is 0.107. The first-order valence-electron chi connectivity index (χ1n) is 12.4. The molecule has 9 nitrogen and oxygen atoms in total. The van der Waals surface area contributed by atoms with E-state index in [0.717, 1.165) is 24.1 Å². The summed E-state index contributed by atoms with van der Waals surface area (Å²) in [6.45, 7) is 12.9. The van der Waals surface area contributed by atoms with Crippen LogP contribution in [-0.2, 0) is 7.05 Å². The number of rotatable bonds is 6. The van der Waals surface area contributed by atoms with Crippen molar-refractivity contribution >= 4 is 22.7 Å². The number of pyridine rings is 1. The molecule has 0 radical (unpaired) electrons. The van der Waals surface area contributed by atoms with Gasteiger partial charge in [-0.2, -0.15) is 4.98 Å². The molecule has 1 aromatic carbocycles. The number of nitrogens with zero attached hydrogens (tertiary/aromatic N) is 7. The van der Waals surface area contributed by atoms with Crippen molar-refractivity contribution in [2.45, 2.75) is 44.8 Å². The highest BCUT2D eigenvalue weighted by Gasteiger charge is 2.39. The summed E-state index contributed by atoms with van der Waals surface area (Å²) in [4.78, 5) is 29.8. The number of aryl methyl sites for hydroxylation is 1. The van der Waals surface area contributed by atoms with Crippen LogP contribution in [0.4, 0.5) is 16.0 Å². The van der Waals surface area contributed by atoms with Gasteiger partial charge in [0.15, 0.2) is 5.82 Å². The molecule has 5 rings (SSSR count). The van der Waals surface area contributed by atoms with Crippen LogP contribution in [0.3, 0.4) is 0 Å². The van der Waals surface area contributed by atoms with Gasteiger partial charge >= 0.3 is 5.69 Å². The number of anilines is 1. The molecule has 0 bridgehead atoms. The third kappa shape index (κ3) is 4.47. The maximum absolute atomic E-state index is 13.8. The van der Waals surface area contributed by atoms with E-state index in [4.69, 9.17) is 11.1 Å². The second-order valence-corrected chi connectivity index (χ2v) is 9.28. The molecule has 0 amide bonds. The number of fused-ring (bicyclic) bond motifs is 1. The molecule has 1 unspecified atom stereocenters. The Labute approximate surface area is 214 Å². The van der Waals surface area contributed by atoms with Gasteiger partial charge in [-0.05, 0) is 42.7 Å². The van der Waals surface area contributed by atoms with Gasteiger partial charge in [-0.25, -0.2) is 9.18 Å². The normalized spacial score (nSPS) is 19.2. The smallest absolute Gasteiger partial charge is 0.350 e. The Morgan fingerprint density at radius 2 is 1.84 bits per heavy atom. The van der Waals surface area contributed by atoms with Crippen LogP contribution in [0.15, 0.2) is 58.0 Å². The zero-order chi connectivity index (χ0) is 26.1. The molecule has 3 atom stereocenters. The van der Waals surface area contributed by atoms with Crippen LogP contribution >= 0.6 is 0 Å². The Kier molecular flexibility index (Phi) is 6.72. The van der Waals surface area contributed by atoms with Crippen LogP contribution < -0.4 is 10.6 Å². The maximum Gasteiger partial charge on any atom is 0.350 e. The molecule has 10 heteroatoms. The number of hydrogen-bond acceptors (Lipinski definition) is 7. The fraction of sp³-hybridized carbons (Fsp3) is 0.370. The highest BCUT2D eigenvalue weighted by atomic mass is 19.1. The highest BCUT2D eigenvalue weighted by molar-refractivity contribution is 5.87. The molecular weight excluding hydrogens is 473 g/mol. The van der Waals surface area contributed by atoms with E-state index < -0.39 is 0 Å². The van der Waals surface area contributed by atoms with Gasteiger partial charge in [0.1, 0.15) is 17.8 Å². The van der Waals surface area contributed by atoms with E-state index in [-0.39, 0.29) is 35.5 Å². The van der Waals surface area contributed by atoms with Crippen LogP contribution in [0.1, 0.15) is 44.0 Å². The summed E-state index contributed by atoms with van der Waals surface area (Å²) in [5.74, 6) is 0.476. The summed E-state index contributed by atoms with van der Waals surface area (Å²) in [5.41, 5.74) is 2.51. The van der Waals surface area contributed by atoms with Gasteiger partial charge in [-0.15, -0.1) is 4.98 Å². The lowest BCUT2D eigenvalue weighted by Gasteiger charge is -2.49. The molecule has 4 heterocycles.